The molecule has 0 aliphatic carbocycles. The molecule has 1 rings (SSSR count). The van der Waals surface area contributed by atoms with Crippen molar-refractivity contribution in [2.75, 3.05) is 0 Å². The highest BCUT2D eigenvalue weighted by atomic mass is 16.1. The molecule has 2 nitrogen and oxygen atoms in total. The molecule has 1 amide bonds. The van der Waals surface area contributed by atoms with Gasteiger partial charge in [-0.3, -0.25) is 4.79 Å². The summed E-state index contributed by atoms with van der Waals surface area (Å²) in [5.41, 5.74) is 5.42. The highest BCUT2D eigenvalue weighted by molar-refractivity contribution is 5.73. The second kappa shape index (κ2) is 3.76. The summed E-state index contributed by atoms with van der Waals surface area (Å²) in [5.74, 6) is -0.631. The van der Waals surface area contributed by atoms with E-state index in [1.807, 2.05) is 0 Å². The Balaban J connectivity index is 2.87. The van der Waals surface area contributed by atoms with Crippen LogP contribution < -0.4 is 5.73 Å². The van der Waals surface area contributed by atoms with E-state index in [0.29, 0.717) is 5.56 Å². The van der Waals surface area contributed by atoms with Crippen molar-refractivity contribution < 1.29 is 7.54 Å². The minimum atomic E-state index is -1.66. The Kier molecular flexibility index (Phi) is 1.83. The van der Waals surface area contributed by atoms with Crippen LogP contribution in [0.2, 0.25) is 0 Å². The maximum atomic E-state index is 10.6. The summed E-state index contributed by atoms with van der Waals surface area (Å²) >= 11 is 0. The molecule has 0 aliphatic heterocycles. The molecule has 0 heterocycles. The summed E-state index contributed by atoms with van der Waals surface area (Å²) in [5, 5.41) is 0. The van der Waals surface area contributed by atoms with Crippen molar-refractivity contribution in [3.05, 3.63) is 35.9 Å². The number of carbonyl (C=O) groups excluding carboxylic acids is 1. The molecule has 11 heavy (non-hydrogen) atoms. The second-order valence-electron chi connectivity index (χ2n) is 2.19. The van der Waals surface area contributed by atoms with Gasteiger partial charge in [0.05, 0.1) is 0 Å². The maximum Gasteiger partial charge on any atom is 0.217 e. The predicted molar refractivity (Wildman–Crippen MR) is 44.0 cm³/mol. The van der Waals surface area contributed by atoms with Crippen molar-refractivity contribution in [1.82, 2.24) is 0 Å². The Labute approximate surface area is 68.8 Å². The van der Waals surface area contributed by atoms with Gasteiger partial charge in [0.1, 0.15) is 0 Å². The van der Waals surface area contributed by atoms with Gasteiger partial charge in [0.15, 0.2) is 0 Å². The van der Waals surface area contributed by atoms with Gasteiger partial charge in [0, 0.05) is 9.16 Å². The molecule has 0 atom stereocenters. The van der Waals surface area contributed by atoms with Gasteiger partial charge in [-0.15, -0.1) is 0 Å². The standard InChI is InChI=1S/C9H11NO/c10-9(11)7-6-8-4-2-1-3-5-8/h1-5H,6-7H2,(H2,10,11)/i6D2. The minimum absolute atomic E-state index is 0.281. The number of hydrogen-bond acceptors (Lipinski definition) is 1. The average Bonchev–Trinajstić information content (AvgIpc) is 2.04. The smallest absolute Gasteiger partial charge is 0.217 e. The summed E-state index contributed by atoms with van der Waals surface area (Å²) in [4.78, 5) is 10.6. The Morgan fingerprint density at radius 2 is 2.09 bits per heavy atom. The molecule has 58 valence electrons. The van der Waals surface area contributed by atoms with Gasteiger partial charge in [-0.2, -0.15) is 0 Å². The molecule has 2 N–H and O–H groups in total. The van der Waals surface area contributed by atoms with Gasteiger partial charge in [0.2, 0.25) is 5.91 Å². The lowest BCUT2D eigenvalue weighted by atomic mass is 10.1. The topological polar surface area (TPSA) is 43.1 Å². The van der Waals surface area contributed by atoms with Crippen LogP contribution in [0.15, 0.2) is 30.3 Å². The zero-order valence-electron chi connectivity index (χ0n) is 8.08. The highest BCUT2D eigenvalue weighted by Gasteiger charge is 1.94. The normalized spacial score (nSPS) is 13.5. The summed E-state index contributed by atoms with van der Waals surface area (Å²) in [6.45, 7) is 0. The van der Waals surface area contributed by atoms with Gasteiger partial charge in [-0.1, -0.05) is 30.3 Å². The van der Waals surface area contributed by atoms with Crippen LogP contribution in [0.25, 0.3) is 0 Å². The molecule has 0 radical (unpaired) electrons. The lowest BCUT2D eigenvalue weighted by Gasteiger charge is -1.96. The first-order valence-electron chi connectivity index (χ1n) is 4.36. The molecule has 1 aromatic rings. The van der Waals surface area contributed by atoms with Crippen molar-refractivity contribution in [1.29, 1.82) is 0 Å². The van der Waals surface area contributed by atoms with Crippen LogP contribution in [-0.2, 0) is 11.2 Å². The first-order valence-corrected chi connectivity index (χ1v) is 3.36. The Hall–Kier alpha value is -1.31. The van der Waals surface area contributed by atoms with E-state index in [1.165, 1.54) is 0 Å². The van der Waals surface area contributed by atoms with E-state index in [2.05, 4.69) is 0 Å². The maximum absolute atomic E-state index is 10.6. The molecule has 2 heteroatoms. The van der Waals surface area contributed by atoms with Gasteiger partial charge in [-0.05, 0) is 11.9 Å². The Morgan fingerprint density at radius 1 is 1.45 bits per heavy atom. The minimum Gasteiger partial charge on any atom is -0.370 e. The van der Waals surface area contributed by atoms with Gasteiger partial charge < -0.3 is 5.73 Å². The lowest BCUT2D eigenvalue weighted by Crippen LogP contribution is -2.10. The third-order valence-corrected chi connectivity index (χ3v) is 1.24. The number of benzene rings is 1. The van der Waals surface area contributed by atoms with E-state index in [-0.39, 0.29) is 6.42 Å². The molecule has 0 aromatic heterocycles. The molecule has 0 fully saturated rings. The zero-order valence-corrected chi connectivity index (χ0v) is 6.08. The summed E-state index contributed by atoms with van der Waals surface area (Å²) in [7, 11) is 0. The van der Waals surface area contributed by atoms with Crippen LogP contribution in [-0.4, -0.2) is 5.91 Å². The van der Waals surface area contributed by atoms with Crippen molar-refractivity contribution in [2.24, 2.45) is 5.73 Å². The number of amides is 1. The number of rotatable bonds is 3. The van der Waals surface area contributed by atoms with Gasteiger partial charge in [-0.25, -0.2) is 0 Å². The highest BCUT2D eigenvalue weighted by Crippen LogP contribution is 2.00. The second-order valence-corrected chi connectivity index (χ2v) is 2.19. The predicted octanol–water partition coefficient (Wildman–Crippen LogP) is 1.10. The van der Waals surface area contributed by atoms with Crippen molar-refractivity contribution >= 4 is 5.91 Å². The van der Waals surface area contributed by atoms with Crippen LogP contribution >= 0.6 is 0 Å². The van der Waals surface area contributed by atoms with E-state index < -0.39 is 12.3 Å². The van der Waals surface area contributed by atoms with Crippen LogP contribution in [0.4, 0.5) is 0 Å². The first-order chi connectivity index (χ1) is 6.02. The lowest BCUT2D eigenvalue weighted by molar-refractivity contribution is -0.117. The Bertz CT molecular complexity index is 298. The number of aryl methyl sites for hydroxylation is 1. The first kappa shape index (κ1) is 5.35. The molecule has 0 saturated carbocycles. The zero-order chi connectivity index (χ0) is 9.90. The molecule has 0 saturated heterocycles. The fraction of sp³-hybridized carbons (Fsp3) is 0.222. The number of primary amides is 1. The largest absolute Gasteiger partial charge is 0.370 e. The van der Waals surface area contributed by atoms with Crippen molar-refractivity contribution in [2.45, 2.75) is 12.8 Å². The average molecular weight is 151 g/mol. The van der Waals surface area contributed by atoms with E-state index >= 15 is 0 Å². The molecular formula is C9H11NO. The van der Waals surface area contributed by atoms with E-state index in [9.17, 15) is 4.79 Å². The van der Waals surface area contributed by atoms with Crippen LogP contribution in [0.5, 0.6) is 0 Å². The van der Waals surface area contributed by atoms with Crippen molar-refractivity contribution in [3.63, 3.8) is 0 Å². The fourth-order valence-corrected chi connectivity index (χ4v) is 0.745. The summed E-state index contributed by atoms with van der Waals surface area (Å²) in [6.07, 6.45) is -1.94. The van der Waals surface area contributed by atoms with Crippen molar-refractivity contribution in [3.8, 4) is 0 Å². The molecule has 1 aromatic carbocycles. The molecule has 0 spiro atoms. The number of nitrogens with two attached hydrogens (primary N) is 1. The Morgan fingerprint density at radius 3 is 2.64 bits per heavy atom. The van der Waals surface area contributed by atoms with Gasteiger partial charge >= 0.3 is 0 Å². The number of hydrogen-bond donors (Lipinski definition) is 1. The monoisotopic (exact) mass is 151 g/mol. The van der Waals surface area contributed by atoms with E-state index in [1.54, 1.807) is 30.3 Å². The van der Waals surface area contributed by atoms with Crippen LogP contribution in [0.1, 0.15) is 14.7 Å². The van der Waals surface area contributed by atoms with E-state index in [4.69, 9.17) is 8.48 Å². The van der Waals surface area contributed by atoms with Crippen LogP contribution in [0.3, 0.4) is 0 Å². The quantitative estimate of drug-likeness (QED) is 0.690. The molecular weight excluding hydrogens is 138 g/mol. The summed E-state index contributed by atoms with van der Waals surface area (Å²) in [6, 6.07) is 8.54. The van der Waals surface area contributed by atoms with Crippen LogP contribution in [0, 0.1) is 0 Å². The van der Waals surface area contributed by atoms with Gasteiger partial charge in [0.25, 0.3) is 0 Å². The number of carbonyl (C=O) groups is 1. The third kappa shape index (κ3) is 2.85. The fourth-order valence-electron chi connectivity index (χ4n) is 0.745. The SMILES string of the molecule is [2H]C([2H])(CC(N)=O)c1ccccc1. The molecule has 0 aliphatic rings. The molecule has 0 bridgehead atoms. The van der Waals surface area contributed by atoms with E-state index in [0.717, 1.165) is 0 Å². The third-order valence-electron chi connectivity index (χ3n) is 1.24. The summed E-state index contributed by atoms with van der Waals surface area (Å²) < 4.78 is 15.1. The molecule has 0 unspecified atom stereocenters.